The van der Waals surface area contributed by atoms with Gasteiger partial charge in [0.1, 0.15) is 0 Å². The fourth-order valence-corrected chi connectivity index (χ4v) is 1.62. The summed E-state index contributed by atoms with van der Waals surface area (Å²) in [4.78, 5) is 0. The topological polar surface area (TPSA) is 43.8 Å². The molecule has 78 valence electrons. The van der Waals surface area contributed by atoms with E-state index < -0.39 is 0 Å². The van der Waals surface area contributed by atoms with Crippen LogP contribution in [0.25, 0.3) is 11.3 Å². The van der Waals surface area contributed by atoms with Gasteiger partial charge in [-0.15, -0.1) is 0 Å². The van der Waals surface area contributed by atoms with Gasteiger partial charge in [-0.25, -0.2) is 0 Å². The minimum absolute atomic E-state index is 0.620. The molecule has 2 aromatic rings. The Balaban J connectivity index is 2.33. The van der Waals surface area contributed by atoms with Crippen LogP contribution in [0.1, 0.15) is 5.56 Å². The molecular weight excluding hydrogens is 186 g/mol. The van der Waals surface area contributed by atoms with Crippen molar-refractivity contribution in [3.8, 4) is 11.3 Å². The van der Waals surface area contributed by atoms with E-state index in [1.807, 2.05) is 29.1 Å². The third-order valence-electron chi connectivity index (χ3n) is 2.42. The molecule has 1 heterocycles. The van der Waals surface area contributed by atoms with Crippen molar-refractivity contribution in [2.24, 2.45) is 5.73 Å². The highest BCUT2D eigenvalue weighted by Crippen LogP contribution is 2.20. The van der Waals surface area contributed by atoms with Crippen LogP contribution in [0.3, 0.4) is 0 Å². The summed E-state index contributed by atoms with van der Waals surface area (Å²) in [5, 5.41) is 4.47. The van der Waals surface area contributed by atoms with E-state index in [0.717, 1.165) is 12.2 Å². The van der Waals surface area contributed by atoms with Crippen LogP contribution < -0.4 is 5.73 Å². The molecule has 2 rings (SSSR count). The second-order valence-corrected chi connectivity index (χ2v) is 3.57. The summed E-state index contributed by atoms with van der Waals surface area (Å²) in [7, 11) is 0. The molecule has 0 bridgehead atoms. The Kier molecular flexibility index (Phi) is 2.83. The molecule has 0 atom stereocenters. The zero-order valence-corrected chi connectivity index (χ0v) is 8.85. The maximum atomic E-state index is 5.48. The van der Waals surface area contributed by atoms with Crippen molar-refractivity contribution in [2.75, 3.05) is 6.54 Å². The van der Waals surface area contributed by atoms with Crippen molar-refractivity contribution in [3.05, 3.63) is 42.1 Å². The number of aromatic nitrogens is 2. The summed E-state index contributed by atoms with van der Waals surface area (Å²) in [6.45, 7) is 3.48. The van der Waals surface area contributed by atoms with Gasteiger partial charge in [0.2, 0.25) is 0 Å². The highest BCUT2D eigenvalue weighted by molar-refractivity contribution is 5.62. The first-order chi connectivity index (χ1) is 7.31. The largest absolute Gasteiger partial charge is 0.329 e. The Morgan fingerprint density at radius 1 is 1.27 bits per heavy atom. The summed E-state index contributed by atoms with van der Waals surface area (Å²) in [5.74, 6) is 0. The first-order valence-corrected chi connectivity index (χ1v) is 5.11. The van der Waals surface area contributed by atoms with Gasteiger partial charge in [-0.2, -0.15) is 5.10 Å². The normalized spacial score (nSPS) is 10.5. The van der Waals surface area contributed by atoms with E-state index in [9.17, 15) is 0 Å². The van der Waals surface area contributed by atoms with E-state index in [1.165, 1.54) is 11.1 Å². The zero-order valence-electron chi connectivity index (χ0n) is 8.85. The maximum Gasteiger partial charge on any atom is 0.0925 e. The van der Waals surface area contributed by atoms with Crippen LogP contribution in [-0.2, 0) is 6.54 Å². The lowest BCUT2D eigenvalue weighted by Crippen LogP contribution is -2.10. The van der Waals surface area contributed by atoms with Crippen molar-refractivity contribution in [1.82, 2.24) is 9.78 Å². The number of rotatable bonds is 3. The molecule has 0 amide bonds. The van der Waals surface area contributed by atoms with Crippen molar-refractivity contribution >= 4 is 0 Å². The molecule has 1 aromatic heterocycles. The number of benzene rings is 1. The Bertz CT molecular complexity index is 446. The smallest absolute Gasteiger partial charge is 0.0925 e. The number of aryl methyl sites for hydroxylation is 1. The highest BCUT2D eigenvalue weighted by Gasteiger charge is 2.03. The first-order valence-electron chi connectivity index (χ1n) is 5.11. The summed E-state index contributed by atoms with van der Waals surface area (Å²) >= 11 is 0. The van der Waals surface area contributed by atoms with Crippen LogP contribution in [-0.4, -0.2) is 16.3 Å². The quantitative estimate of drug-likeness (QED) is 0.823. The van der Waals surface area contributed by atoms with Crippen LogP contribution in [0.5, 0.6) is 0 Å². The Morgan fingerprint density at radius 2 is 2.07 bits per heavy atom. The third-order valence-corrected chi connectivity index (χ3v) is 2.42. The summed E-state index contributed by atoms with van der Waals surface area (Å²) < 4.78 is 1.88. The van der Waals surface area contributed by atoms with Crippen LogP contribution in [0.2, 0.25) is 0 Å². The van der Waals surface area contributed by atoms with Gasteiger partial charge >= 0.3 is 0 Å². The van der Waals surface area contributed by atoms with E-state index in [2.05, 4.69) is 24.2 Å². The molecule has 2 N–H and O–H groups in total. The molecule has 0 saturated carbocycles. The first kappa shape index (κ1) is 9.93. The van der Waals surface area contributed by atoms with Gasteiger partial charge in [-0.1, -0.05) is 24.3 Å². The summed E-state index contributed by atoms with van der Waals surface area (Å²) in [5.41, 5.74) is 8.93. The van der Waals surface area contributed by atoms with Crippen LogP contribution in [0, 0.1) is 6.92 Å². The fourth-order valence-electron chi connectivity index (χ4n) is 1.62. The Hall–Kier alpha value is -1.61. The average molecular weight is 201 g/mol. The molecular formula is C12H15N3. The van der Waals surface area contributed by atoms with E-state index in [4.69, 9.17) is 5.73 Å². The van der Waals surface area contributed by atoms with E-state index >= 15 is 0 Å². The van der Waals surface area contributed by atoms with Gasteiger partial charge in [0.25, 0.3) is 0 Å². The molecule has 15 heavy (non-hydrogen) atoms. The minimum Gasteiger partial charge on any atom is -0.329 e. The molecule has 0 aliphatic carbocycles. The van der Waals surface area contributed by atoms with Gasteiger partial charge in [0.05, 0.1) is 12.2 Å². The molecule has 3 heteroatoms. The molecule has 0 saturated heterocycles. The Labute approximate surface area is 89.5 Å². The number of hydrogen-bond donors (Lipinski definition) is 1. The molecule has 0 spiro atoms. The third kappa shape index (κ3) is 2.07. The molecule has 0 aliphatic heterocycles. The van der Waals surface area contributed by atoms with Gasteiger partial charge in [-0.05, 0) is 18.6 Å². The molecule has 0 radical (unpaired) electrons. The lowest BCUT2D eigenvalue weighted by Gasteiger charge is -2.01. The second-order valence-electron chi connectivity index (χ2n) is 3.57. The molecule has 0 fully saturated rings. The minimum atomic E-state index is 0.620. The van der Waals surface area contributed by atoms with Gasteiger partial charge in [0, 0.05) is 18.3 Å². The van der Waals surface area contributed by atoms with E-state index in [1.54, 1.807) is 0 Å². The number of nitrogens with two attached hydrogens (primary N) is 1. The van der Waals surface area contributed by atoms with Crippen LogP contribution in [0.4, 0.5) is 0 Å². The highest BCUT2D eigenvalue weighted by atomic mass is 15.3. The maximum absolute atomic E-state index is 5.48. The SMILES string of the molecule is Cc1ccccc1-c1ccn(CCN)n1. The molecule has 0 unspecified atom stereocenters. The molecule has 3 nitrogen and oxygen atoms in total. The predicted molar refractivity (Wildman–Crippen MR) is 61.5 cm³/mol. The van der Waals surface area contributed by atoms with Crippen LogP contribution >= 0.6 is 0 Å². The van der Waals surface area contributed by atoms with Crippen molar-refractivity contribution < 1.29 is 0 Å². The summed E-state index contributed by atoms with van der Waals surface area (Å²) in [6, 6.07) is 10.3. The molecule has 0 aliphatic rings. The zero-order chi connectivity index (χ0) is 10.7. The van der Waals surface area contributed by atoms with Crippen molar-refractivity contribution in [1.29, 1.82) is 0 Å². The van der Waals surface area contributed by atoms with Crippen LogP contribution in [0.15, 0.2) is 36.5 Å². The fraction of sp³-hybridized carbons (Fsp3) is 0.250. The second kappa shape index (κ2) is 4.28. The predicted octanol–water partition coefficient (Wildman–Crippen LogP) is 1.82. The Morgan fingerprint density at radius 3 is 2.80 bits per heavy atom. The lowest BCUT2D eigenvalue weighted by atomic mass is 10.1. The molecule has 1 aromatic carbocycles. The standard InChI is InChI=1S/C12H15N3/c1-10-4-2-3-5-11(10)12-6-8-15(14-12)9-7-13/h2-6,8H,7,9,13H2,1H3. The lowest BCUT2D eigenvalue weighted by molar-refractivity contribution is 0.627. The van der Waals surface area contributed by atoms with Gasteiger partial charge in [-0.3, -0.25) is 4.68 Å². The summed E-state index contributed by atoms with van der Waals surface area (Å²) in [6.07, 6.45) is 1.97. The van der Waals surface area contributed by atoms with Crippen molar-refractivity contribution in [3.63, 3.8) is 0 Å². The van der Waals surface area contributed by atoms with E-state index in [-0.39, 0.29) is 0 Å². The van der Waals surface area contributed by atoms with E-state index in [0.29, 0.717) is 6.54 Å². The number of nitrogens with zero attached hydrogens (tertiary/aromatic N) is 2. The average Bonchev–Trinajstić information content (AvgIpc) is 2.68. The number of hydrogen-bond acceptors (Lipinski definition) is 2. The monoisotopic (exact) mass is 201 g/mol. The van der Waals surface area contributed by atoms with Gasteiger partial charge in [0.15, 0.2) is 0 Å². The van der Waals surface area contributed by atoms with Gasteiger partial charge < -0.3 is 5.73 Å². The van der Waals surface area contributed by atoms with Crippen molar-refractivity contribution in [2.45, 2.75) is 13.5 Å².